The average Bonchev–Trinajstić information content (AvgIpc) is 2.15. The lowest BCUT2D eigenvalue weighted by Crippen LogP contribution is -2.30. The number of carboxylic acids is 1. The second-order valence-electron chi connectivity index (χ2n) is 3.61. The van der Waals surface area contributed by atoms with Gasteiger partial charge in [0.1, 0.15) is 0 Å². The van der Waals surface area contributed by atoms with Gasteiger partial charge in [-0.15, -0.1) is 0 Å². The molecule has 4 nitrogen and oxygen atoms in total. The van der Waals surface area contributed by atoms with E-state index in [2.05, 4.69) is 0 Å². The standard InChI is InChI=1S/C10H10F2O4S/c1-17(15,16)8-4-2-3-7(5-8)6-10(11,12)9(13)14/h2-5H,6H2,1H3,(H,13,14). The highest BCUT2D eigenvalue weighted by Gasteiger charge is 2.38. The molecular formula is C10H10F2O4S. The molecule has 0 heterocycles. The molecule has 1 aromatic rings. The summed E-state index contributed by atoms with van der Waals surface area (Å²) in [5, 5.41) is 8.26. The van der Waals surface area contributed by atoms with Gasteiger partial charge < -0.3 is 5.11 Å². The van der Waals surface area contributed by atoms with Crippen LogP contribution in [-0.4, -0.2) is 31.7 Å². The van der Waals surface area contributed by atoms with Gasteiger partial charge in [-0.1, -0.05) is 12.1 Å². The van der Waals surface area contributed by atoms with Crippen molar-refractivity contribution in [2.45, 2.75) is 17.2 Å². The molecule has 7 heteroatoms. The lowest BCUT2D eigenvalue weighted by atomic mass is 10.1. The van der Waals surface area contributed by atoms with Crippen LogP contribution in [0.25, 0.3) is 0 Å². The number of hydrogen-bond acceptors (Lipinski definition) is 3. The van der Waals surface area contributed by atoms with Crippen LogP contribution in [0.5, 0.6) is 0 Å². The molecule has 0 aliphatic carbocycles. The van der Waals surface area contributed by atoms with E-state index < -0.39 is 28.1 Å². The molecule has 0 aliphatic rings. The number of halogens is 2. The zero-order valence-corrected chi connectivity index (χ0v) is 9.67. The van der Waals surface area contributed by atoms with Gasteiger partial charge in [-0.3, -0.25) is 0 Å². The minimum atomic E-state index is -3.91. The maximum absolute atomic E-state index is 12.9. The van der Waals surface area contributed by atoms with E-state index in [-0.39, 0.29) is 10.5 Å². The Labute approximate surface area is 96.8 Å². The third-order valence-corrected chi connectivity index (χ3v) is 3.18. The highest BCUT2D eigenvalue weighted by atomic mass is 32.2. The lowest BCUT2D eigenvalue weighted by molar-refractivity contribution is -0.164. The molecule has 0 radical (unpaired) electrons. The molecule has 0 aromatic heterocycles. The van der Waals surface area contributed by atoms with Crippen molar-refractivity contribution < 1.29 is 27.1 Å². The molecule has 0 atom stereocenters. The monoisotopic (exact) mass is 264 g/mol. The number of benzene rings is 1. The Morgan fingerprint density at radius 3 is 2.47 bits per heavy atom. The summed E-state index contributed by atoms with van der Waals surface area (Å²) in [6.45, 7) is 0. The van der Waals surface area contributed by atoms with Crippen molar-refractivity contribution in [1.29, 1.82) is 0 Å². The van der Waals surface area contributed by atoms with Gasteiger partial charge in [-0.2, -0.15) is 8.78 Å². The van der Waals surface area contributed by atoms with Crippen LogP contribution in [0.2, 0.25) is 0 Å². The van der Waals surface area contributed by atoms with Crippen LogP contribution in [0.15, 0.2) is 29.2 Å². The summed E-state index contributed by atoms with van der Waals surface area (Å²) in [5.74, 6) is -6.14. The Kier molecular flexibility index (Phi) is 3.51. The smallest absolute Gasteiger partial charge is 0.374 e. The topological polar surface area (TPSA) is 71.4 Å². The first-order chi connectivity index (χ1) is 7.63. The summed E-state index contributed by atoms with van der Waals surface area (Å²) < 4.78 is 48.2. The number of carboxylic acid groups (broad SMARTS) is 1. The number of rotatable bonds is 4. The molecule has 94 valence electrons. The minimum absolute atomic E-state index is 0.0414. The van der Waals surface area contributed by atoms with Crippen LogP contribution in [0, 0.1) is 0 Å². The Bertz CT molecular complexity index is 537. The summed E-state index contributed by atoms with van der Waals surface area (Å²) in [4.78, 5) is 10.1. The quantitative estimate of drug-likeness (QED) is 0.891. The number of hydrogen-bond donors (Lipinski definition) is 1. The summed E-state index contributed by atoms with van der Waals surface area (Å²) in [6, 6.07) is 4.86. The summed E-state index contributed by atoms with van der Waals surface area (Å²) >= 11 is 0. The van der Waals surface area contributed by atoms with Gasteiger partial charge in [-0.25, -0.2) is 13.2 Å². The fourth-order valence-electron chi connectivity index (χ4n) is 1.22. The second kappa shape index (κ2) is 4.40. The van der Waals surface area contributed by atoms with Gasteiger partial charge in [0, 0.05) is 12.7 Å². The molecule has 1 rings (SSSR count). The van der Waals surface area contributed by atoms with Crippen LogP contribution >= 0.6 is 0 Å². The minimum Gasteiger partial charge on any atom is -0.477 e. The van der Waals surface area contributed by atoms with Crippen molar-refractivity contribution in [2.24, 2.45) is 0 Å². The van der Waals surface area contributed by atoms with E-state index in [1.807, 2.05) is 0 Å². The highest BCUT2D eigenvalue weighted by Crippen LogP contribution is 2.22. The van der Waals surface area contributed by atoms with Crippen molar-refractivity contribution in [2.75, 3.05) is 6.26 Å². The summed E-state index contributed by atoms with van der Waals surface area (Å²) in [5.41, 5.74) is -0.0414. The van der Waals surface area contributed by atoms with Crippen molar-refractivity contribution in [3.05, 3.63) is 29.8 Å². The molecule has 0 spiro atoms. The number of sulfone groups is 1. The van der Waals surface area contributed by atoms with Crippen LogP contribution in [0.3, 0.4) is 0 Å². The third kappa shape index (κ3) is 3.48. The maximum atomic E-state index is 12.9. The predicted molar refractivity (Wildman–Crippen MR) is 55.8 cm³/mol. The van der Waals surface area contributed by atoms with Crippen molar-refractivity contribution in [3.8, 4) is 0 Å². The van der Waals surface area contributed by atoms with E-state index in [0.717, 1.165) is 12.3 Å². The van der Waals surface area contributed by atoms with Gasteiger partial charge in [0.15, 0.2) is 9.84 Å². The van der Waals surface area contributed by atoms with E-state index in [4.69, 9.17) is 5.11 Å². The Hall–Kier alpha value is -1.50. The van der Waals surface area contributed by atoms with Crippen LogP contribution in [0.4, 0.5) is 8.78 Å². The largest absolute Gasteiger partial charge is 0.477 e. The molecule has 17 heavy (non-hydrogen) atoms. The average molecular weight is 264 g/mol. The molecule has 0 fully saturated rings. The Balaban J connectivity index is 3.06. The predicted octanol–water partition coefficient (Wildman–Crippen LogP) is 1.35. The van der Waals surface area contributed by atoms with Crippen molar-refractivity contribution in [1.82, 2.24) is 0 Å². The Morgan fingerprint density at radius 2 is 2.00 bits per heavy atom. The van der Waals surface area contributed by atoms with E-state index in [0.29, 0.717) is 0 Å². The number of carbonyl (C=O) groups is 1. The van der Waals surface area contributed by atoms with Crippen LogP contribution in [0.1, 0.15) is 5.56 Å². The fraction of sp³-hybridized carbons (Fsp3) is 0.300. The van der Waals surface area contributed by atoms with E-state index in [1.165, 1.54) is 18.2 Å². The fourth-order valence-corrected chi connectivity index (χ4v) is 1.91. The highest BCUT2D eigenvalue weighted by molar-refractivity contribution is 7.90. The van der Waals surface area contributed by atoms with Crippen LogP contribution < -0.4 is 0 Å². The summed E-state index contributed by atoms with van der Waals surface area (Å²) in [7, 11) is -3.49. The number of alkyl halides is 2. The van der Waals surface area contributed by atoms with Crippen molar-refractivity contribution in [3.63, 3.8) is 0 Å². The molecule has 0 unspecified atom stereocenters. The normalized spacial score (nSPS) is 12.4. The van der Waals surface area contributed by atoms with Gasteiger partial charge >= 0.3 is 11.9 Å². The van der Waals surface area contributed by atoms with Gasteiger partial charge in [0.25, 0.3) is 0 Å². The van der Waals surface area contributed by atoms with Crippen molar-refractivity contribution >= 4 is 15.8 Å². The third-order valence-electron chi connectivity index (χ3n) is 2.07. The van der Waals surface area contributed by atoms with E-state index in [9.17, 15) is 22.0 Å². The summed E-state index contributed by atoms with van der Waals surface area (Å²) in [6.07, 6.45) is -0.0901. The first kappa shape index (κ1) is 13.6. The lowest BCUT2D eigenvalue weighted by Gasteiger charge is -2.11. The molecular weight excluding hydrogens is 254 g/mol. The molecule has 1 N–H and O–H groups in total. The maximum Gasteiger partial charge on any atom is 0.374 e. The van der Waals surface area contributed by atoms with Gasteiger partial charge in [0.2, 0.25) is 0 Å². The SMILES string of the molecule is CS(=O)(=O)c1cccc(CC(F)(F)C(=O)O)c1. The van der Waals surface area contributed by atoms with Crippen LogP contribution in [-0.2, 0) is 21.1 Å². The zero-order valence-electron chi connectivity index (χ0n) is 8.85. The second-order valence-corrected chi connectivity index (χ2v) is 5.62. The van der Waals surface area contributed by atoms with Gasteiger partial charge in [0.05, 0.1) is 4.90 Å². The molecule has 0 bridgehead atoms. The number of aliphatic carboxylic acids is 1. The molecule has 1 aromatic carbocycles. The molecule has 0 aliphatic heterocycles. The molecule has 0 saturated heterocycles. The Morgan fingerprint density at radius 1 is 1.41 bits per heavy atom. The van der Waals surface area contributed by atoms with E-state index >= 15 is 0 Å². The van der Waals surface area contributed by atoms with Gasteiger partial charge in [-0.05, 0) is 17.7 Å². The molecule has 0 amide bonds. The zero-order chi connectivity index (χ0) is 13.3. The van der Waals surface area contributed by atoms with E-state index in [1.54, 1.807) is 0 Å². The molecule has 0 saturated carbocycles. The first-order valence-corrected chi connectivity index (χ1v) is 6.42. The first-order valence-electron chi connectivity index (χ1n) is 4.53.